The number of aliphatic carboxylic acids is 1. The van der Waals surface area contributed by atoms with Crippen molar-refractivity contribution in [2.45, 2.75) is 89.4 Å². The van der Waals surface area contributed by atoms with E-state index in [2.05, 4.69) is 30.4 Å². The van der Waals surface area contributed by atoms with E-state index >= 15 is 0 Å². The first-order valence-corrected chi connectivity index (χ1v) is 12.0. The minimum Gasteiger partial charge on any atom is -0.508 e. The van der Waals surface area contributed by atoms with Gasteiger partial charge in [0.25, 0.3) is 0 Å². The van der Waals surface area contributed by atoms with E-state index in [1.807, 2.05) is 12.1 Å². The summed E-state index contributed by atoms with van der Waals surface area (Å²) in [6.45, 7) is 0. The first-order chi connectivity index (χ1) is 14.6. The zero-order chi connectivity index (χ0) is 21.2. The van der Waals surface area contributed by atoms with Crippen LogP contribution in [0.3, 0.4) is 0 Å². The molecule has 1 fully saturated rings. The molecule has 3 atom stereocenters. The molecule has 0 amide bonds. The second kappa shape index (κ2) is 12.0. The third-order valence-corrected chi connectivity index (χ3v) is 6.99. The van der Waals surface area contributed by atoms with Crippen molar-refractivity contribution >= 4 is 5.97 Å². The maximum atomic E-state index is 10.8. The van der Waals surface area contributed by atoms with Gasteiger partial charge in [-0.05, 0) is 86.8 Å². The lowest BCUT2D eigenvalue weighted by Crippen LogP contribution is -2.19. The number of aromatic hydroxyl groups is 1. The molecular weight excluding hydrogens is 372 g/mol. The number of rotatable bonds is 11. The number of hydrogen-bond donors (Lipinski definition) is 2. The summed E-state index contributed by atoms with van der Waals surface area (Å²) in [6.07, 6.45) is 21.6. The number of carboxylic acids is 1. The Morgan fingerprint density at radius 1 is 1.03 bits per heavy atom. The fourth-order valence-corrected chi connectivity index (χ4v) is 5.31. The van der Waals surface area contributed by atoms with E-state index in [4.69, 9.17) is 5.11 Å². The number of unbranched alkanes of at least 4 members (excludes halogenated alkanes) is 3. The Labute approximate surface area is 181 Å². The zero-order valence-electron chi connectivity index (χ0n) is 18.3. The summed E-state index contributed by atoms with van der Waals surface area (Å²) in [6, 6.07) is 7.78. The van der Waals surface area contributed by atoms with Gasteiger partial charge in [0.15, 0.2) is 0 Å². The first kappa shape index (κ1) is 22.7. The van der Waals surface area contributed by atoms with Crippen LogP contribution in [-0.4, -0.2) is 16.2 Å². The number of phenolic OH excluding ortho intramolecular Hbond substituents is 1. The van der Waals surface area contributed by atoms with Crippen LogP contribution < -0.4 is 0 Å². The van der Waals surface area contributed by atoms with E-state index in [1.165, 1.54) is 62.5 Å². The van der Waals surface area contributed by atoms with E-state index in [0.29, 0.717) is 24.0 Å². The van der Waals surface area contributed by atoms with Gasteiger partial charge in [-0.15, -0.1) is 0 Å². The van der Waals surface area contributed by atoms with Crippen LogP contribution in [0.5, 0.6) is 5.75 Å². The Balaban J connectivity index is 1.50. The van der Waals surface area contributed by atoms with E-state index in [1.54, 1.807) is 0 Å². The summed E-state index contributed by atoms with van der Waals surface area (Å²) in [7, 11) is 0. The number of benzene rings is 1. The fraction of sp³-hybridized carbons (Fsp3) is 0.593. The quantitative estimate of drug-likeness (QED) is 0.296. The largest absolute Gasteiger partial charge is 0.508 e. The molecule has 164 valence electrons. The summed E-state index contributed by atoms with van der Waals surface area (Å²) < 4.78 is 0. The molecular formula is C27H38O3. The lowest BCUT2D eigenvalue weighted by Gasteiger charge is -2.34. The molecule has 3 rings (SSSR count). The van der Waals surface area contributed by atoms with Crippen LogP contribution in [-0.2, 0) is 4.79 Å². The van der Waals surface area contributed by atoms with Crippen LogP contribution in [0.1, 0.15) is 95.0 Å². The molecule has 3 heteroatoms. The molecule has 30 heavy (non-hydrogen) atoms. The molecule has 2 N–H and O–H groups in total. The Kier molecular flexibility index (Phi) is 9.04. The highest BCUT2D eigenvalue weighted by Gasteiger charge is 2.28. The molecule has 2 aliphatic rings. The smallest absolute Gasteiger partial charge is 0.303 e. The van der Waals surface area contributed by atoms with Gasteiger partial charge in [-0.25, -0.2) is 0 Å². The Bertz CT molecular complexity index is 716. The number of hydrogen-bond acceptors (Lipinski definition) is 2. The minimum atomic E-state index is -0.714. The molecule has 0 spiro atoms. The van der Waals surface area contributed by atoms with E-state index < -0.39 is 5.97 Å². The van der Waals surface area contributed by atoms with Crippen molar-refractivity contribution in [3.8, 4) is 5.75 Å². The molecule has 0 saturated heterocycles. The molecule has 0 bridgehead atoms. The predicted molar refractivity (Wildman–Crippen MR) is 123 cm³/mol. The number of phenols is 1. The lowest BCUT2D eigenvalue weighted by molar-refractivity contribution is -0.136. The summed E-state index contributed by atoms with van der Waals surface area (Å²) in [5.74, 6) is 1.62. The molecule has 1 aromatic carbocycles. The van der Waals surface area contributed by atoms with Gasteiger partial charge < -0.3 is 10.2 Å². The number of carboxylic acid groups (broad SMARTS) is 1. The summed E-state index contributed by atoms with van der Waals surface area (Å²) in [5, 5.41) is 18.6. The SMILES string of the molecule is O=C(O)CCC=C1CC[C@@H](c2ccc(O)cc2)[C@@H](CCCCCC[C@H]2C=CCC2)C1. The van der Waals surface area contributed by atoms with Gasteiger partial charge >= 0.3 is 5.97 Å². The molecule has 3 nitrogen and oxygen atoms in total. The minimum absolute atomic E-state index is 0.228. The third-order valence-electron chi connectivity index (χ3n) is 6.99. The molecule has 0 aliphatic heterocycles. The van der Waals surface area contributed by atoms with Gasteiger partial charge in [0, 0.05) is 6.42 Å². The highest BCUT2D eigenvalue weighted by Crippen LogP contribution is 2.43. The van der Waals surface area contributed by atoms with Gasteiger partial charge in [-0.2, -0.15) is 0 Å². The average Bonchev–Trinajstić information content (AvgIpc) is 3.25. The fourth-order valence-electron chi connectivity index (χ4n) is 5.31. The molecule has 0 aromatic heterocycles. The van der Waals surface area contributed by atoms with Crippen molar-refractivity contribution in [3.05, 3.63) is 53.6 Å². The highest BCUT2D eigenvalue weighted by atomic mass is 16.4. The molecule has 1 saturated carbocycles. The molecule has 0 unspecified atom stereocenters. The third kappa shape index (κ3) is 7.34. The Hall–Kier alpha value is -2.03. The van der Waals surface area contributed by atoms with Gasteiger partial charge in [0.1, 0.15) is 5.75 Å². The van der Waals surface area contributed by atoms with Crippen molar-refractivity contribution in [1.29, 1.82) is 0 Å². The second-order valence-corrected chi connectivity index (χ2v) is 9.25. The Morgan fingerprint density at radius 3 is 2.50 bits per heavy atom. The lowest BCUT2D eigenvalue weighted by atomic mass is 9.71. The van der Waals surface area contributed by atoms with Crippen LogP contribution in [0.25, 0.3) is 0 Å². The average molecular weight is 411 g/mol. The van der Waals surface area contributed by atoms with Crippen LogP contribution in [0.4, 0.5) is 0 Å². The van der Waals surface area contributed by atoms with Crippen LogP contribution in [0.15, 0.2) is 48.1 Å². The maximum absolute atomic E-state index is 10.8. The Morgan fingerprint density at radius 2 is 1.80 bits per heavy atom. The van der Waals surface area contributed by atoms with Crippen molar-refractivity contribution < 1.29 is 15.0 Å². The molecule has 0 radical (unpaired) electrons. The van der Waals surface area contributed by atoms with Gasteiger partial charge in [-0.1, -0.05) is 61.6 Å². The predicted octanol–water partition coefficient (Wildman–Crippen LogP) is 7.37. The zero-order valence-corrected chi connectivity index (χ0v) is 18.3. The van der Waals surface area contributed by atoms with Gasteiger partial charge in [-0.3, -0.25) is 4.79 Å². The maximum Gasteiger partial charge on any atom is 0.303 e. The van der Waals surface area contributed by atoms with E-state index in [-0.39, 0.29) is 6.42 Å². The summed E-state index contributed by atoms with van der Waals surface area (Å²) >= 11 is 0. The monoisotopic (exact) mass is 410 g/mol. The van der Waals surface area contributed by atoms with Crippen molar-refractivity contribution in [3.63, 3.8) is 0 Å². The molecule has 1 aromatic rings. The number of allylic oxidation sites excluding steroid dienone is 4. The molecule has 2 aliphatic carbocycles. The summed E-state index contributed by atoms with van der Waals surface area (Å²) in [5.41, 5.74) is 2.79. The standard InChI is InChI=1S/C27H38O3/c28-25-17-15-23(16-18-25)26-19-14-22(11-7-13-27(29)30)20-24(26)12-4-2-1-3-8-21-9-5-6-10-21/h5,9,11,15-18,21,24,26,28H,1-4,6-8,10,12-14,19-20H2,(H,29,30)/t21-,24-,26-/m0/s1. The van der Waals surface area contributed by atoms with Crippen molar-refractivity contribution in [2.75, 3.05) is 0 Å². The van der Waals surface area contributed by atoms with Crippen LogP contribution >= 0.6 is 0 Å². The summed E-state index contributed by atoms with van der Waals surface area (Å²) in [4.78, 5) is 10.8. The van der Waals surface area contributed by atoms with Crippen molar-refractivity contribution in [1.82, 2.24) is 0 Å². The van der Waals surface area contributed by atoms with E-state index in [9.17, 15) is 9.90 Å². The topological polar surface area (TPSA) is 57.5 Å². The van der Waals surface area contributed by atoms with Crippen LogP contribution in [0, 0.1) is 11.8 Å². The number of carbonyl (C=O) groups is 1. The van der Waals surface area contributed by atoms with Crippen LogP contribution in [0.2, 0.25) is 0 Å². The first-order valence-electron chi connectivity index (χ1n) is 12.0. The molecule has 0 heterocycles. The van der Waals surface area contributed by atoms with Gasteiger partial charge in [0.2, 0.25) is 0 Å². The van der Waals surface area contributed by atoms with Gasteiger partial charge in [0.05, 0.1) is 0 Å². The van der Waals surface area contributed by atoms with E-state index in [0.717, 1.165) is 25.2 Å². The normalized spacial score (nSPS) is 25.1. The highest BCUT2D eigenvalue weighted by molar-refractivity contribution is 5.66. The van der Waals surface area contributed by atoms with Crippen molar-refractivity contribution in [2.24, 2.45) is 11.8 Å². The second-order valence-electron chi connectivity index (χ2n) is 9.25.